The van der Waals surface area contributed by atoms with Crippen molar-refractivity contribution in [2.45, 2.75) is 38.3 Å². The third kappa shape index (κ3) is 4.92. The Morgan fingerprint density at radius 3 is 2.50 bits per heavy atom. The van der Waals surface area contributed by atoms with Crippen LogP contribution in [-0.4, -0.2) is 54.0 Å². The number of urea groups is 1. The normalized spacial score (nSPS) is 21.2. The van der Waals surface area contributed by atoms with Gasteiger partial charge in [-0.15, -0.1) is 5.92 Å². The fourth-order valence-electron chi connectivity index (χ4n) is 5.03. The summed E-state index contributed by atoms with van der Waals surface area (Å²) in [7, 11) is 1.65. The molecule has 0 bridgehead atoms. The number of methoxy groups -OCH3 is 1. The quantitative estimate of drug-likeness (QED) is 0.504. The van der Waals surface area contributed by atoms with Gasteiger partial charge in [0.1, 0.15) is 17.1 Å². The van der Waals surface area contributed by atoms with E-state index in [2.05, 4.69) is 34.2 Å². The zero-order chi connectivity index (χ0) is 24.1. The summed E-state index contributed by atoms with van der Waals surface area (Å²) < 4.78 is 19.1. The van der Waals surface area contributed by atoms with E-state index in [1.54, 1.807) is 26.2 Å². The van der Waals surface area contributed by atoms with E-state index in [9.17, 15) is 14.0 Å². The van der Waals surface area contributed by atoms with Crippen molar-refractivity contribution in [1.29, 1.82) is 0 Å². The van der Waals surface area contributed by atoms with Gasteiger partial charge in [-0.3, -0.25) is 14.6 Å². The highest BCUT2D eigenvalue weighted by molar-refractivity contribution is 6.07. The minimum Gasteiger partial charge on any atom is -0.497 e. The molecule has 7 heteroatoms. The highest BCUT2D eigenvalue weighted by atomic mass is 19.1. The van der Waals surface area contributed by atoms with Gasteiger partial charge < -0.3 is 10.1 Å². The molecular weight excluding hydrogens is 433 g/mol. The SMILES string of the molecule is CC#CCN1C(=O)N[C@@](Cc2cccc(F)c2)(C2CCN(Cc3ccc(OC)cc3)CC2)C1=O. The van der Waals surface area contributed by atoms with E-state index in [0.29, 0.717) is 5.56 Å². The van der Waals surface area contributed by atoms with Gasteiger partial charge in [0.2, 0.25) is 0 Å². The third-order valence-electron chi connectivity index (χ3n) is 6.84. The van der Waals surface area contributed by atoms with Crippen molar-refractivity contribution >= 4 is 11.9 Å². The number of amides is 3. The van der Waals surface area contributed by atoms with E-state index in [0.717, 1.165) is 38.2 Å². The Bertz CT molecular complexity index is 1100. The maximum absolute atomic E-state index is 13.9. The second-order valence-electron chi connectivity index (χ2n) is 8.92. The van der Waals surface area contributed by atoms with Gasteiger partial charge in [-0.2, -0.15) is 0 Å². The molecule has 1 atom stereocenters. The average Bonchev–Trinajstić information content (AvgIpc) is 3.08. The molecule has 178 valence electrons. The number of imide groups is 1. The molecule has 0 spiro atoms. The predicted octanol–water partition coefficient (Wildman–Crippen LogP) is 3.60. The Balaban J connectivity index is 1.52. The molecule has 2 saturated heterocycles. The highest BCUT2D eigenvalue weighted by Gasteiger charge is 2.55. The molecule has 4 rings (SSSR count). The Kier molecular flexibility index (Phi) is 7.18. The van der Waals surface area contributed by atoms with Gasteiger partial charge in [0.15, 0.2) is 0 Å². The molecule has 3 amide bonds. The molecule has 2 aromatic carbocycles. The average molecular weight is 464 g/mol. The van der Waals surface area contributed by atoms with Crippen molar-refractivity contribution in [2.24, 2.45) is 5.92 Å². The first-order valence-electron chi connectivity index (χ1n) is 11.6. The van der Waals surface area contributed by atoms with E-state index < -0.39 is 11.6 Å². The molecule has 0 unspecified atom stereocenters. The standard InChI is InChI=1S/C27H30FN3O3/c1-3-4-14-31-25(32)27(29-26(31)33,18-21-6-5-7-23(28)17-21)22-12-15-30(16-13-22)19-20-8-10-24(34-2)11-9-20/h5-11,17,22H,12-16,18-19H2,1-2H3,(H,29,33)/t27-/m0/s1. The van der Waals surface area contributed by atoms with Crippen LogP contribution in [0.4, 0.5) is 9.18 Å². The molecule has 6 nitrogen and oxygen atoms in total. The fraction of sp³-hybridized carbons (Fsp3) is 0.407. The van der Waals surface area contributed by atoms with E-state index in [4.69, 9.17) is 4.74 Å². The summed E-state index contributed by atoms with van der Waals surface area (Å²) in [6, 6.07) is 13.9. The molecule has 0 radical (unpaired) electrons. The Morgan fingerprint density at radius 2 is 1.85 bits per heavy atom. The zero-order valence-corrected chi connectivity index (χ0v) is 19.6. The van der Waals surface area contributed by atoms with Gasteiger partial charge >= 0.3 is 6.03 Å². The van der Waals surface area contributed by atoms with Gasteiger partial charge in [0, 0.05) is 13.0 Å². The van der Waals surface area contributed by atoms with Crippen molar-refractivity contribution in [3.63, 3.8) is 0 Å². The first kappa shape index (κ1) is 23.8. The van der Waals surface area contributed by atoms with Crippen molar-refractivity contribution in [1.82, 2.24) is 15.1 Å². The van der Waals surface area contributed by atoms with Gasteiger partial charge in [-0.25, -0.2) is 9.18 Å². The molecule has 2 aliphatic rings. The summed E-state index contributed by atoms with van der Waals surface area (Å²) in [5.41, 5.74) is 0.799. The molecular formula is C27H30FN3O3. The number of likely N-dealkylation sites (tertiary alicyclic amines) is 1. The number of nitrogens with one attached hydrogen (secondary N) is 1. The maximum Gasteiger partial charge on any atom is 0.325 e. The van der Waals surface area contributed by atoms with Gasteiger partial charge in [-0.05, 0) is 74.2 Å². The second kappa shape index (κ2) is 10.3. The monoisotopic (exact) mass is 463 g/mol. The number of benzene rings is 2. The summed E-state index contributed by atoms with van der Waals surface area (Å²) in [6.45, 7) is 4.16. The zero-order valence-electron chi connectivity index (χ0n) is 19.6. The van der Waals surface area contributed by atoms with E-state index in [1.165, 1.54) is 22.6 Å². The molecule has 2 heterocycles. The molecule has 2 aliphatic heterocycles. The fourth-order valence-corrected chi connectivity index (χ4v) is 5.03. The van der Waals surface area contributed by atoms with Crippen LogP contribution in [-0.2, 0) is 17.8 Å². The number of rotatable bonds is 7. The van der Waals surface area contributed by atoms with Crippen LogP contribution in [0.2, 0.25) is 0 Å². The smallest absolute Gasteiger partial charge is 0.325 e. The van der Waals surface area contributed by atoms with Crippen LogP contribution < -0.4 is 10.1 Å². The number of piperidine rings is 1. The topological polar surface area (TPSA) is 61.9 Å². The first-order valence-corrected chi connectivity index (χ1v) is 11.6. The van der Waals surface area contributed by atoms with E-state index in [1.807, 2.05) is 12.1 Å². The molecule has 0 saturated carbocycles. The Morgan fingerprint density at radius 1 is 1.12 bits per heavy atom. The number of ether oxygens (including phenoxy) is 1. The van der Waals surface area contributed by atoms with Crippen molar-refractivity contribution in [3.05, 3.63) is 65.5 Å². The van der Waals surface area contributed by atoms with Crippen molar-refractivity contribution < 1.29 is 18.7 Å². The summed E-state index contributed by atoms with van der Waals surface area (Å²) in [5, 5.41) is 3.01. The highest BCUT2D eigenvalue weighted by Crippen LogP contribution is 2.37. The lowest BCUT2D eigenvalue weighted by Crippen LogP contribution is -2.57. The molecule has 2 aromatic rings. The molecule has 0 aliphatic carbocycles. The van der Waals surface area contributed by atoms with E-state index >= 15 is 0 Å². The maximum atomic E-state index is 13.9. The van der Waals surface area contributed by atoms with E-state index in [-0.39, 0.29) is 30.6 Å². The number of nitrogens with zero attached hydrogens (tertiary/aromatic N) is 2. The minimum atomic E-state index is -1.09. The molecule has 34 heavy (non-hydrogen) atoms. The number of carbonyl (C=O) groups excluding carboxylic acids is 2. The van der Waals surface area contributed by atoms with Gasteiger partial charge in [-0.1, -0.05) is 30.2 Å². The lowest BCUT2D eigenvalue weighted by atomic mass is 9.74. The molecule has 0 aromatic heterocycles. The summed E-state index contributed by atoms with van der Waals surface area (Å²) >= 11 is 0. The summed E-state index contributed by atoms with van der Waals surface area (Å²) in [5.74, 6) is 5.72. The summed E-state index contributed by atoms with van der Waals surface area (Å²) in [4.78, 5) is 30.0. The van der Waals surface area contributed by atoms with Crippen LogP contribution in [0.25, 0.3) is 0 Å². The largest absolute Gasteiger partial charge is 0.497 e. The number of halogens is 1. The van der Waals surface area contributed by atoms with Crippen LogP contribution in [0.3, 0.4) is 0 Å². The van der Waals surface area contributed by atoms with Gasteiger partial charge in [0.25, 0.3) is 5.91 Å². The minimum absolute atomic E-state index is 0.0566. The number of hydrogen-bond donors (Lipinski definition) is 1. The lowest BCUT2D eigenvalue weighted by Gasteiger charge is -2.41. The summed E-state index contributed by atoms with van der Waals surface area (Å²) in [6.07, 6.45) is 1.77. The van der Waals surface area contributed by atoms with Crippen molar-refractivity contribution in [2.75, 3.05) is 26.7 Å². The Labute approximate surface area is 200 Å². The second-order valence-corrected chi connectivity index (χ2v) is 8.92. The number of hydrogen-bond acceptors (Lipinski definition) is 4. The van der Waals surface area contributed by atoms with Crippen LogP contribution in [0.1, 0.15) is 30.9 Å². The molecule has 2 fully saturated rings. The van der Waals surface area contributed by atoms with Crippen LogP contribution in [0, 0.1) is 23.6 Å². The van der Waals surface area contributed by atoms with Crippen LogP contribution in [0.15, 0.2) is 48.5 Å². The van der Waals surface area contributed by atoms with Gasteiger partial charge in [0.05, 0.1) is 13.7 Å². The molecule has 1 N–H and O–H groups in total. The Hall–Kier alpha value is -3.37. The van der Waals surface area contributed by atoms with Crippen molar-refractivity contribution in [3.8, 4) is 17.6 Å². The lowest BCUT2D eigenvalue weighted by molar-refractivity contribution is -0.133. The number of carbonyl (C=O) groups is 2. The van der Waals surface area contributed by atoms with Crippen LogP contribution >= 0.6 is 0 Å². The first-order chi connectivity index (χ1) is 16.4. The third-order valence-corrected chi connectivity index (χ3v) is 6.84. The van der Waals surface area contributed by atoms with Crippen LogP contribution in [0.5, 0.6) is 5.75 Å². The predicted molar refractivity (Wildman–Crippen MR) is 128 cm³/mol.